The average Bonchev–Trinajstić information content (AvgIpc) is 3.28. The molecule has 2 heterocycles. The zero-order valence-electron chi connectivity index (χ0n) is 18.1. The number of nitriles is 1. The SMILES string of the molecule is CC(C)NC(=O)O[C@@H]1CC[C@H](c2cc(Nc3cnc(C#N)cn3)n(C(C)(C)C)n2)C1. The van der Waals surface area contributed by atoms with Crippen molar-refractivity contribution in [1.29, 1.82) is 5.26 Å². The second-order valence-corrected chi connectivity index (χ2v) is 8.90. The van der Waals surface area contributed by atoms with Gasteiger partial charge in [0.15, 0.2) is 5.69 Å². The van der Waals surface area contributed by atoms with Crippen LogP contribution < -0.4 is 10.6 Å². The number of carbonyl (C=O) groups excluding carboxylic acids is 1. The monoisotopic (exact) mass is 411 g/mol. The molecule has 30 heavy (non-hydrogen) atoms. The molecule has 2 atom stereocenters. The Balaban J connectivity index is 1.74. The van der Waals surface area contributed by atoms with Gasteiger partial charge >= 0.3 is 6.09 Å². The number of alkyl carbamates (subject to hydrolysis) is 1. The largest absolute Gasteiger partial charge is 0.446 e. The van der Waals surface area contributed by atoms with E-state index >= 15 is 0 Å². The molecule has 1 saturated carbocycles. The third kappa shape index (κ3) is 5.26. The minimum Gasteiger partial charge on any atom is -0.446 e. The maximum atomic E-state index is 11.9. The highest BCUT2D eigenvalue weighted by Crippen LogP contribution is 2.37. The molecule has 1 aliphatic rings. The van der Waals surface area contributed by atoms with Crippen molar-refractivity contribution in [3.05, 3.63) is 29.8 Å². The number of nitrogens with one attached hydrogen (secondary N) is 2. The number of hydrogen-bond acceptors (Lipinski definition) is 7. The summed E-state index contributed by atoms with van der Waals surface area (Å²) < 4.78 is 7.48. The van der Waals surface area contributed by atoms with E-state index in [0.717, 1.165) is 30.8 Å². The molecule has 0 unspecified atom stereocenters. The number of hydrogen-bond donors (Lipinski definition) is 2. The molecule has 3 rings (SSSR count). The van der Waals surface area contributed by atoms with E-state index in [1.54, 1.807) is 0 Å². The van der Waals surface area contributed by atoms with E-state index in [4.69, 9.17) is 15.1 Å². The molecule has 0 aromatic carbocycles. The summed E-state index contributed by atoms with van der Waals surface area (Å²) in [6, 6.07) is 4.04. The summed E-state index contributed by atoms with van der Waals surface area (Å²) in [7, 11) is 0. The van der Waals surface area contributed by atoms with Crippen LogP contribution in [0.1, 0.15) is 71.2 Å². The molecule has 2 aromatic rings. The van der Waals surface area contributed by atoms with E-state index in [-0.39, 0.29) is 35.4 Å². The van der Waals surface area contributed by atoms with Gasteiger partial charge in [-0.05, 0) is 53.9 Å². The maximum Gasteiger partial charge on any atom is 0.407 e. The van der Waals surface area contributed by atoms with Gasteiger partial charge in [-0.2, -0.15) is 10.4 Å². The summed E-state index contributed by atoms with van der Waals surface area (Å²) in [4.78, 5) is 20.2. The van der Waals surface area contributed by atoms with Gasteiger partial charge in [-0.3, -0.25) is 0 Å². The van der Waals surface area contributed by atoms with Crippen LogP contribution in [0.3, 0.4) is 0 Å². The van der Waals surface area contributed by atoms with Crippen LogP contribution in [0.2, 0.25) is 0 Å². The predicted octanol–water partition coefficient (Wildman–Crippen LogP) is 3.81. The Labute approximate surface area is 176 Å². The lowest BCUT2D eigenvalue weighted by atomic mass is 10.0. The van der Waals surface area contributed by atoms with Crippen LogP contribution >= 0.6 is 0 Å². The average molecular weight is 412 g/mol. The molecular formula is C21H29N7O2. The standard InChI is InChI=1S/C21H29N7O2/c1-13(2)25-20(29)30-16-7-6-14(8-16)17-9-19(28(27-17)21(3,4)5)26-18-12-23-15(10-22)11-24-18/h9,11-14,16H,6-8H2,1-5H3,(H,24,26)(H,25,29)/t14-,16+/m0/s1. The van der Waals surface area contributed by atoms with Gasteiger partial charge in [-0.15, -0.1) is 0 Å². The zero-order chi connectivity index (χ0) is 21.9. The Morgan fingerprint density at radius 1 is 1.30 bits per heavy atom. The lowest BCUT2D eigenvalue weighted by molar-refractivity contribution is 0.0981. The quantitative estimate of drug-likeness (QED) is 0.768. The van der Waals surface area contributed by atoms with E-state index in [9.17, 15) is 4.79 Å². The Bertz CT molecular complexity index is 922. The zero-order valence-corrected chi connectivity index (χ0v) is 18.1. The Kier molecular flexibility index (Phi) is 6.25. The third-order valence-electron chi connectivity index (χ3n) is 4.87. The highest BCUT2D eigenvalue weighted by Gasteiger charge is 2.32. The van der Waals surface area contributed by atoms with Crippen LogP contribution in [0, 0.1) is 11.3 Å². The number of ether oxygens (including phenoxy) is 1. The molecule has 9 heteroatoms. The highest BCUT2D eigenvalue weighted by atomic mass is 16.6. The van der Waals surface area contributed by atoms with E-state index < -0.39 is 0 Å². The molecule has 0 saturated heterocycles. The van der Waals surface area contributed by atoms with Crippen LogP contribution in [0.15, 0.2) is 18.5 Å². The number of rotatable bonds is 5. The van der Waals surface area contributed by atoms with Gasteiger partial charge in [0.05, 0.1) is 23.6 Å². The van der Waals surface area contributed by atoms with Crippen LogP contribution in [-0.2, 0) is 10.3 Å². The second kappa shape index (κ2) is 8.69. The lowest BCUT2D eigenvalue weighted by Gasteiger charge is -2.22. The van der Waals surface area contributed by atoms with Crippen LogP contribution in [0.5, 0.6) is 0 Å². The minimum atomic E-state index is -0.363. The number of amides is 1. The van der Waals surface area contributed by atoms with Crippen molar-refractivity contribution < 1.29 is 9.53 Å². The molecule has 0 spiro atoms. The summed E-state index contributed by atoms with van der Waals surface area (Å²) in [5.41, 5.74) is 0.986. The molecule has 2 N–H and O–H groups in total. The summed E-state index contributed by atoms with van der Waals surface area (Å²) in [6.07, 6.45) is 4.99. The minimum absolute atomic E-state index is 0.0520. The molecule has 0 radical (unpaired) electrons. The van der Waals surface area contributed by atoms with Gasteiger partial charge in [0.2, 0.25) is 0 Å². The molecular weight excluding hydrogens is 382 g/mol. The Morgan fingerprint density at radius 3 is 2.67 bits per heavy atom. The van der Waals surface area contributed by atoms with Crippen molar-refractivity contribution in [3.63, 3.8) is 0 Å². The summed E-state index contributed by atoms with van der Waals surface area (Å²) in [6.45, 7) is 10.1. The number of aromatic nitrogens is 4. The Hall–Kier alpha value is -3.15. The van der Waals surface area contributed by atoms with Gasteiger partial charge in [-0.1, -0.05) is 0 Å². The van der Waals surface area contributed by atoms with E-state index in [0.29, 0.717) is 5.82 Å². The summed E-state index contributed by atoms with van der Waals surface area (Å²) in [5, 5.41) is 19.8. The van der Waals surface area contributed by atoms with Crippen LogP contribution in [0.25, 0.3) is 0 Å². The lowest BCUT2D eigenvalue weighted by Crippen LogP contribution is -2.33. The van der Waals surface area contributed by atoms with Crippen molar-refractivity contribution >= 4 is 17.7 Å². The molecule has 1 aliphatic carbocycles. The number of carbonyl (C=O) groups is 1. The highest BCUT2D eigenvalue weighted by molar-refractivity contribution is 5.67. The topological polar surface area (TPSA) is 118 Å². The van der Waals surface area contributed by atoms with Gasteiger partial charge in [0.25, 0.3) is 0 Å². The van der Waals surface area contributed by atoms with Gasteiger partial charge < -0.3 is 15.4 Å². The van der Waals surface area contributed by atoms with Gasteiger partial charge in [0.1, 0.15) is 23.8 Å². The van der Waals surface area contributed by atoms with E-state index in [1.165, 1.54) is 12.4 Å². The van der Waals surface area contributed by atoms with Crippen molar-refractivity contribution in [2.24, 2.45) is 0 Å². The summed E-state index contributed by atoms with van der Waals surface area (Å²) in [5.74, 6) is 1.57. The van der Waals surface area contributed by atoms with Crippen LogP contribution in [-0.4, -0.2) is 38.0 Å². The first-order valence-corrected chi connectivity index (χ1v) is 10.2. The van der Waals surface area contributed by atoms with E-state index in [2.05, 4.69) is 41.4 Å². The Morgan fingerprint density at radius 2 is 2.07 bits per heavy atom. The third-order valence-corrected chi connectivity index (χ3v) is 4.87. The van der Waals surface area contributed by atoms with Crippen LogP contribution in [0.4, 0.5) is 16.4 Å². The van der Waals surface area contributed by atoms with E-state index in [1.807, 2.05) is 30.7 Å². The maximum absolute atomic E-state index is 11.9. The molecule has 160 valence electrons. The first-order valence-electron chi connectivity index (χ1n) is 10.2. The van der Waals surface area contributed by atoms with Crippen molar-refractivity contribution in [2.75, 3.05) is 5.32 Å². The molecule has 2 aromatic heterocycles. The molecule has 9 nitrogen and oxygen atoms in total. The summed E-state index contributed by atoms with van der Waals surface area (Å²) >= 11 is 0. The fourth-order valence-electron chi connectivity index (χ4n) is 3.52. The fraction of sp³-hybridized carbons (Fsp3) is 0.571. The van der Waals surface area contributed by atoms with Gasteiger partial charge in [0, 0.05) is 18.0 Å². The molecule has 1 amide bonds. The normalized spacial score (nSPS) is 18.8. The first-order chi connectivity index (χ1) is 14.2. The fourth-order valence-corrected chi connectivity index (χ4v) is 3.52. The van der Waals surface area contributed by atoms with Crippen molar-refractivity contribution in [3.8, 4) is 6.07 Å². The van der Waals surface area contributed by atoms with Gasteiger partial charge in [-0.25, -0.2) is 19.4 Å². The molecule has 0 bridgehead atoms. The predicted molar refractivity (Wildman–Crippen MR) is 112 cm³/mol. The molecule has 0 aliphatic heterocycles. The number of nitrogens with zero attached hydrogens (tertiary/aromatic N) is 5. The van der Waals surface area contributed by atoms with Crippen molar-refractivity contribution in [1.82, 2.24) is 25.1 Å². The smallest absolute Gasteiger partial charge is 0.407 e. The first kappa shape index (κ1) is 21.6. The second-order valence-electron chi connectivity index (χ2n) is 8.90. The molecule has 1 fully saturated rings. The number of anilines is 2. The van der Waals surface area contributed by atoms with Crippen molar-refractivity contribution in [2.45, 2.75) is 77.5 Å².